The largest absolute Gasteiger partial charge is 0.485 e. The van der Waals surface area contributed by atoms with Crippen LogP contribution in [0.1, 0.15) is 16.8 Å². The van der Waals surface area contributed by atoms with Crippen molar-refractivity contribution >= 4 is 11.9 Å². The van der Waals surface area contributed by atoms with Gasteiger partial charge in [0.1, 0.15) is 12.1 Å². The lowest BCUT2D eigenvalue weighted by Crippen LogP contribution is -2.41. The van der Waals surface area contributed by atoms with E-state index in [-0.39, 0.29) is 24.6 Å². The molecular weight excluding hydrogens is 325 g/mol. The number of hydrogen-bond donors (Lipinski definition) is 0. The number of ether oxygens (including phenoxy) is 2. The molecule has 1 aliphatic rings. The lowest BCUT2D eigenvalue weighted by molar-refractivity contribution is -0.145. The number of amides is 1. The zero-order valence-electron chi connectivity index (χ0n) is 13.7. The van der Waals surface area contributed by atoms with Gasteiger partial charge < -0.3 is 14.4 Å². The Kier molecular flexibility index (Phi) is 4.97. The van der Waals surface area contributed by atoms with Crippen molar-refractivity contribution in [1.29, 1.82) is 0 Å². The Morgan fingerprint density at radius 3 is 2.44 bits per heavy atom. The van der Waals surface area contributed by atoms with Crippen molar-refractivity contribution < 1.29 is 23.5 Å². The molecule has 6 heteroatoms. The van der Waals surface area contributed by atoms with Crippen molar-refractivity contribution in [2.45, 2.75) is 18.6 Å². The van der Waals surface area contributed by atoms with E-state index in [1.165, 1.54) is 24.1 Å². The van der Waals surface area contributed by atoms with E-state index in [0.29, 0.717) is 5.56 Å². The van der Waals surface area contributed by atoms with Gasteiger partial charge in [0.15, 0.2) is 11.6 Å². The van der Waals surface area contributed by atoms with Gasteiger partial charge >= 0.3 is 5.97 Å². The minimum atomic E-state index is -0.755. The van der Waals surface area contributed by atoms with E-state index in [2.05, 4.69) is 0 Å². The molecular formula is C19H18FNO4. The van der Waals surface area contributed by atoms with E-state index in [0.717, 1.165) is 0 Å². The Hall–Kier alpha value is -2.89. The molecule has 0 bridgehead atoms. The molecule has 1 heterocycles. The number of esters is 1. The summed E-state index contributed by atoms with van der Waals surface area (Å²) in [4.78, 5) is 26.2. The maximum Gasteiger partial charge on any atom is 0.328 e. The molecule has 25 heavy (non-hydrogen) atoms. The quantitative estimate of drug-likeness (QED) is 0.801. The van der Waals surface area contributed by atoms with Crippen molar-refractivity contribution in [3.05, 3.63) is 66.0 Å². The predicted octanol–water partition coefficient (Wildman–Crippen LogP) is 2.66. The summed E-state index contributed by atoms with van der Waals surface area (Å²) in [5.74, 6) is -1.17. The van der Waals surface area contributed by atoms with Crippen molar-refractivity contribution in [2.75, 3.05) is 13.7 Å². The Morgan fingerprint density at radius 2 is 1.76 bits per heavy atom. The predicted molar refractivity (Wildman–Crippen MR) is 88.7 cm³/mol. The third-order valence-electron chi connectivity index (χ3n) is 4.15. The van der Waals surface area contributed by atoms with Crippen LogP contribution in [0.5, 0.6) is 5.75 Å². The van der Waals surface area contributed by atoms with E-state index in [1.807, 2.05) is 6.07 Å². The maximum atomic E-state index is 13.8. The molecule has 1 aliphatic heterocycles. The van der Waals surface area contributed by atoms with Crippen molar-refractivity contribution in [3.8, 4) is 5.75 Å². The molecule has 3 rings (SSSR count). The fourth-order valence-corrected chi connectivity index (χ4v) is 2.93. The first-order valence-corrected chi connectivity index (χ1v) is 7.95. The molecule has 130 valence electrons. The highest BCUT2D eigenvalue weighted by atomic mass is 19.1. The number of carbonyl (C=O) groups excluding carboxylic acids is 2. The third kappa shape index (κ3) is 3.63. The van der Waals surface area contributed by atoms with Gasteiger partial charge in [-0.1, -0.05) is 30.3 Å². The molecule has 2 aromatic rings. The smallest absolute Gasteiger partial charge is 0.328 e. The zero-order chi connectivity index (χ0) is 17.8. The van der Waals surface area contributed by atoms with Crippen LogP contribution in [0.2, 0.25) is 0 Å². The van der Waals surface area contributed by atoms with Gasteiger partial charge in [-0.15, -0.1) is 0 Å². The van der Waals surface area contributed by atoms with Crippen LogP contribution in [0, 0.1) is 5.82 Å². The fraction of sp³-hybridized carbons (Fsp3) is 0.263. The minimum absolute atomic E-state index is 0.102. The summed E-state index contributed by atoms with van der Waals surface area (Å²) >= 11 is 0. The highest BCUT2D eigenvalue weighted by Crippen LogP contribution is 2.27. The van der Waals surface area contributed by atoms with E-state index >= 15 is 0 Å². The number of likely N-dealkylation sites (tertiary alicyclic amines) is 1. The second-order valence-electron chi connectivity index (χ2n) is 5.77. The average Bonchev–Trinajstić information content (AvgIpc) is 3.07. The molecule has 2 aromatic carbocycles. The molecule has 0 spiro atoms. The number of para-hydroxylation sites is 1. The molecule has 1 saturated heterocycles. The van der Waals surface area contributed by atoms with Crippen LogP contribution in [-0.2, 0) is 9.53 Å². The third-order valence-corrected chi connectivity index (χ3v) is 4.15. The van der Waals surface area contributed by atoms with Crippen LogP contribution in [0.25, 0.3) is 0 Å². The second kappa shape index (κ2) is 7.34. The summed E-state index contributed by atoms with van der Waals surface area (Å²) in [7, 11) is 1.28. The number of carbonyl (C=O) groups is 2. The molecule has 0 aromatic heterocycles. The van der Waals surface area contributed by atoms with Crippen LogP contribution in [-0.4, -0.2) is 42.6 Å². The summed E-state index contributed by atoms with van der Waals surface area (Å²) in [6.07, 6.45) is -0.242. The average molecular weight is 343 g/mol. The van der Waals surface area contributed by atoms with Gasteiger partial charge in [0, 0.05) is 12.0 Å². The maximum absolute atomic E-state index is 13.8. The van der Waals surface area contributed by atoms with Gasteiger partial charge in [-0.2, -0.15) is 0 Å². The Balaban J connectivity index is 1.80. The highest BCUT2D eigenvalue weighted by Gasteiger charge is 2.41. The van der Waals surface area contributed by atoms with E-state index in [4.69, 9.17) is 9.47 Å². The highest BCUT2D eigenvalue weighted by molar-refractivity contribution is 5.97. The van der Waals surface area contributed by atoms with E-state index in [9.17, 15) is 14.0 Å². The Bertz CT molecular complexity index is 765. The summed E-state index contributed by atoms with van der Waals surface area (Å²) in [5, 5.41) is 0. The second-order valence-corrected chi connectivity index (χ2v) is 5.77. The lowest BCUT2D eigenvalue weighted by atomic mass is 10.1. The van der Waals surface area contributed by atoms with E-state index < -0.39 is 23.9 Å². The van der Waals surface area contributed by atoms with Gasteiger partial charge in [0.2, 0.25) is 0 Å². The monoisotopic (exact) mass is 343 g/mol. The van der Waals surface area contributed by atoms with Gasteiger partial charge in [0.25, 0.3) is 5.91 Å². The van der Waals surface area contributed by atoms with Crippen molar-refractivity contribution in [3.63, 3.8) is 0 Å². The first-order chi connectivity index (χ1) is 12.1. The molecule has 5 nitrogen and oxygen atoms in total. The standard InChI is InChI=1S/C19H18FNO4/c1-24-19(23)16-11-14(25-17-10-6-5-9-15(17)20)12-21(16)18(22)13-7-3-2-4-8-13/h2-10,14,16H,11-12H2,1H3/t14-,16+/m1/s1. The van der Waals surface area contributed by atoms with Crippen LogP contribution >= 0.6 is 0 Å². The molecule has 0 aliphatic carbocycles. The zero-order valence-corrected chi connectivity index (χ0v) is 13.7. The molecule has 0 N–H and O–H groups in total. The van der Waals surface area contributed by atoms with Crippen LogP contribution in [0.4, 0.5) is 4.39 Å². The molecule has 0 unspecified atom stereocenters. The molecule has 0 saturated carbocycles. The number of benzene rings is 2. The Morgan fingerprint density at radius 1 is 1.08 bits per heavy atom. The topological polar surface area (TPSA) is 55.8 Å². The number of rotatable bonds is 4. The molecule has 1 fully saturated rings. The summed E-state index contributed by atoms with van der Waals surface area (Å²) in [6.45, 7) is 0.182. The van der Waals surface area contributed by atoms with Gasteiger partial charge in [-0.25, -0.2) is 9.18 Å². The van der Waals surface area contributed by atoms with Crippen LogP contribution < -0.4 is 4.74 Å². The molecule has 2 atom stereocenters. The molecule has 0 radical (unpaired) electrons. The lowest BCUT2D eigenvalue weighted by Gasteiger charge is -2.22. The SMILES string of the molecule is COC(=O)[C@@H]1C[C@@H](Oc2ccccc2F)CN1C(=O)c1ccccc1. The van der Waals surface area contributed by atoms with Gasteiger partial charge in [0.05, 0.1) is 13.7 Å². The van der Waals surface area contributed by atoms with Gasteiger partial charge in [-0.3, -0.25) is 4.79 Å². The molecule has 1 amide bonds. The minimum Gasteiger partial charge on any atom is -0.485 e. The normalized spacial score (nSPS) is 19.5. The summed E-state index contributed by atoms with van der Waals surface area (Å²) < 4.78 is 24.3. The van der Waals surface area contributed by atoms with E-state index in [1.54, 1.807) is 36.4 Å². The van der Waals surface area contributed by atoms with Gasteiger partial charge in [-0.05, 0) is 24.3 Å². The van der Waals surface area contributed by atoms with Crippen LogP contribution in [0.3, 0.4) is 0 Å². The number of halogens is 1. The first kappa shape index (κ1) is 17.0. The van der Waals surface area contributed by atoms with Crippen LogP contribution in [0.15, 0.2) is 54.6 Å². The van der Waals surface area contributed by atoms with Crippen molar-refractivity contribution in [1.82, 2.24) is 4.90 Å². The fourth-order valence-electron chi connectivity index (χ4n) is 2.93. The number of methoxy groups -OCH3 is 1. The summed E-state index contributed by atoms with van der Waals surface area (Å²) in [5.41, 5.74) is 0.475. The summed E-state index contributed by atoms with van der Waals surface area (Å²) in [6, 6.07) is 14.0. The number of nitrogens with zero attached hydrogens (tertiary/aromatic N) is 1. The van der Waals surface area contributed by atoms with Crippen molar-refractivity contribution in [2.24, 2.45) is 0 Å². The number of hydrogen-bond acceptors (Lipinski definition) is 4. The Labute approximate surface area is 145 Å². The first-order valence-electron chi connectivity index (χ1n) is 7.95.